The number of aryl methyl sites for hydroxylation is 1. The summed E-state index contributed by atoms with van der Waals surface area (Å²) in [4.78, 5) is 17.7. The van der Waals surface area contributed by atoms with Crippen molar-refractivity contribution in [3.8, 4) is 5.69 Å². The summed E-state index contributed by atoms with van der Waals surface area (Å²) in [7, 11) is 0. The van der Waals surface area contributed by atoms with E-state index in [-0.39, 0.29) is 24.1 Å². The largest absolute Gasteiger partial charge is 0.441 e. The number of aromatic nitrogens is 3. The Morgan fingerprint density at radius 3 is 2.80 bits per heavy atom. The molecule has 10 heteroatoms. The lowest BCUT2D eigenvalue weighted by Crippen LogP contribution is -2.41. The van der Waals surface area contributed by atoms with E-state index < -0.39 is 11.5 Å². The summed E-state index contributed by atoms with van der Waals surface area (Å²) in [6.45, 7) is 3.83. The Kier molecular flexibility index (Phi) is 6.29. The van der Waals surface area contributed by atoms with E-state index in [2.05, 4.69) is 15.4 Å². The number of hydrogen-bond donors (Lipinski definition) is 1. The molecule has 0 atom stereocenters. The van der Waals surface area contributed by atoms with E-state index in [1.165, 1.54) is 4.90 Å². The van der Waals surface area contributed by atoms with Gasteiger partial charge in [-0.25, -0.2) is 9.48 Å². The molecule has 0 fully saturated rings. The van der Waals surface area contributed by atoms with E-state index >= 15 is 0 Å². The van der Waals surface area contributed by atoms with Gasteiger partial charge < -0.3 is 5.32 Å². The SMILES string of the molecule is CCN(C(=O)NCCSC(F)(F)F)c1cn(-c2cccnc2)nc1C. The summed E-state index contributed by atoms with van der Waals surface area (Å²) < 4.78 is 37.9. The van der Waals surface area contributed by atoms with Crippen molar-refractivity contribution in [3.63, 3.8) is 0 Å². The van der Waals surface area contributed by atoms with Gasteiger partial charge in [0.1, 0.15) is 0 Å². The van der Waals surface area contributed by atoms with Crippen LogP contribution in [0.3, 0.4) is 0 Å². The predicted molar refractivity (Wildman–Crippen MR) is 91.0 cm³/mol. The standard InChI is InChI=1S/C15H18F3N5OS/c1-3-22(14(24)20-7-8-25-15(16,17)18)13-10-23(21-11(13)2)12-5-4-6-19-9-12/h4-6,9-10H,3,7-8H2,1-2H3,(H,20,24). The highest BCUT2D eigenvalue weighted by Gasteiger charge is 2.27. The van der Waals surface area contributed by atoms with Gasteiger partial charge >= 0.3 is 11.5 Å². The Hall–Kier alpha value is -2.23. The van der Waals surface area contributed by atoms with Crippen LogP contribution in [-0.2, 0) is 0 Å². The summed E-state index contributed by atoms with van der Waals surface area (Å²) in [6.07, 6.45) is 4.98. The van der Waals surface area contributed by atoms with Crippen LogP contribution in [0.4, 0.5) is 23.7 Å². The molecule has 6 nitrogen and oxygen atoms in total. The second-order valence-electron chi connectivity index (χ2n) is 5.03. The van der Waals surface area contributed by atoms with Crippen LogP contribution in [0.1, 0.15) is 12.6 Å². The molecule has 0 aliphatic heterocycles. The van der Waals surface area contributed by atoms with E-state index in [9.17, 15) is 18.0 Å². The van der Waals surface area contributed by atoms with Crippen molar-refractivity contribution >= 4 is 23.5 Å². The highest BCUT2D eigenvalue weighted by molar-refractivity contribution is 8.00. The fourth-order valence-corrected chi connectivity index (χ4v) is 2.62. The topological polar surface area (TPSA) is 63.1 Å². The minimum Gasteiger partial charge on any atom is -0.337 e. The number of carbonyl (C=O) groups is 1. The third-order valence-electron chi connectivity index (χ3n) is 3.28. The highest BCUT2D eigenvalue weighted by atomic mass is 32.2. The van der Waals surface area contributed by atoms with Gasteiger partial charge in [0, 0.05) is 25.0 Å². The number of rotatable bonds is 6. The molecule has 2 amide bonds. The molecule has 2 aromatic rings. The number of carbonyl (C=O) groups excluding carboxylic acids is 1. The normalized spacial score (nSPS) is 11.4. The minimum absolute atomic E-state index is 0.0741. The molecule has 0 aromatic carbocycles. The van der Waals surface area contributed by atoms with E-state index in [0.29, 0.717) is 17.9 Å². The van der Waals surface area contributed by atoms with E-state index in [1.54, 1.807) is 43.2 Å². The number of halogens is 3. The van der Waals surface area contributed by atoms with Gasteiger partial charge in [-0.15, -0.1) is 0 Å². The van der Waals surface area contributed by atoms with Crippen LogP contribution in [0.15, 0.2) is 30.7 Å². The number of nitrogens with zero attached hydrogens (tertiary/aromatic N) is 4. The number of alkyl halides is 3. The first-order valence-corrected chi connectivity index (χ1v) is 8.53. The van der Waals surface area contributed by atoms with Crippen LogP contribution in [0.25, 0.3) is 5.69 Å². The third-order valence-corrected chi connectivity index (χ3v) is 4.02. The van der Waals surface area contributed by atoms with E-state index in [1.807, 2.05) is 6.07 Å². The van der Waals surface area contributed by atoms with Gasteiger partial charge in [0.25, 0.3) is 0 Å². The Labute approximate surface area is 147 Å². The average molecular weight is 373 g/mol. The second-order valence-corrected chi connectivity index (χ2v) is 6.19. The lowest BCUT2D eigenvalue weighted by Gasteiger charge is -2.20. The second kappa shape index (κ2) is 8.24. The van der Waals surface area contributed by atoms with Crippen molar-refractivity contribution in [2.45, 2.75) is 19.4 Å². The van der Waals surface area contributed by atoms with Gasteiger partial charge in [-0.1, -0.05) is 0 Å². The number of urea groups is 1. The third kappa shape index (κ3) is 5.38. The smallest absolute Gasteiger partial charge is 0.337 e. The summed E-state index contributed by atoms with van der Waals surface area (Å²) in [6, 6.07) is 3.14. The molecule has 2 rings (SSSR count). The van der Waals surface area contributed by atoms with Crippen LogP contribution < -0.4 is 10.2 Å². The molecule has 0 spiro atoms. The number of nitrogens with one attached hydrogen (secondary N) is 1. The van der Waals surface area contributed by atoms with Crippen molar-refractivity contribution in [1.82, 2.24) is 20.1 Å². The Balaban J connectivity index is 2.05. The maximum absolute atomic E-state index is 12.3. The quantitative estimate of drug-likeness (QED) is 0.789. The summed E-state index contributed by atoms with van der Waals surface area (Å²) >= 11 is -0.161. The van der Waals surface area contributed by atoms with E-state index in [0.717, 1.165) is 5.69 Å². The molecule has 0 aliphatic rings. The van der Waals surface area contributed by atoms with Crippen molar-refractivity contribution in [2.24, 2.45) is 0 Å². The van der Waals surface area contributed by atoms with Gasteiger partial charge in [0.2, 0.25) is 0 Å². The van der Waals surface area contributed by atoms with Crippen LogP contribution >= 0.6 is 11.8 Å². The molecule has 0 saturated carbocycles. The first-order valence-electron chi connectivity index (χ1n) is 7.54. The first-order chi connectivity index (χ1) is 11.8. The number of hydrogen-bond acceptors (Lipinski definition) is 4. The van der Waals surface area contributed by atoms with Crippen LogP contribution in [0, 0.1) is 6.92 Å². The molecule has 0 unspecified atom stereocenters. The Morgan fingerprint density at radius 2 is 2.20 bits per heavy atom. The molecule has 2 aromatic heterocycles. The van der Waals surface area contributed by atoms with Gasteiger partial charge in [0.05, 0.1) is 29.5 Å². The monoisotopic (exact) mass is 373 g/mol. The maximum Gasteiger partial charge on any atom is 0.441 e. The van der Waals surface area contributed by atoms with Crippen LogP contribution in [0.5, 0.6) is 0 Å². The average Bonchev–Trinajstić information content (AvgIpc) is 2.94. The van der Waals surface area contributed by atoms with Crippen LogP contribution in [-0.4, -0.2) is 45.1 Å². The number of anilines is 1. The van der Waals surface area contributed by atoms with Crippen LogP contribution in [0.2, 0.25) is 0 Å². The van der Waals surface area contributed by atoms with Crippen molar-refractivity contribution in [3.05, 3.63) is 36.4 Å². The molecule has 1 N–H and O–H groups in total. The summed E-state index contributed by atoms with van der Waals surface area (Å²) in [5.74, 6) is -0.235. The molecule has 0 radical (unpaired) electrons. The number of pyridine rings is 1. The van der Waals surface area contributed by atoms with Crippen molar-refractivity contribution in [2.75, 3.05) is 23.7 Å². The number of amides is 2. The van der Waals surface area contributed by atoms with Gasteiger partial charge in [0.15, 0.2) is 0 Å². The van der Waals surface area contributed by atoms with Crippen molar-refractivity contribution < 1.29 is 18.0 Å². The Bertz CT molecular complexity index is 705. The zero-order valence-electron chi connectivity index (χ0n) is 13.7. The fourth-order valence-electron chi connectivity index (χ4n) is 2.18. The van der Waals surface area contributed by atoms with Gasteiger partial charge in [-0.2, -0.15) is 18.3 Å². The minimum atomic E-state index is -4.30. The zero-order chi connectivity index (χ0) is 18.4. The van der Waals surface area contributed by atoms with E-state index in [4.69, 9.17) is 0 Å². The molecule has 25 heavy (non-hydrogen) atoms. The summed E-state index contributed by atoms with van der Waals surface area (Å²) in [5.41, 5.74) is -2.33. The summed E-state index contributed by atoms with van der Waals surface area (Å²) in [5, 5.41) is 6.86. The first kappa shape index (κ1) is 19.1. The lowest BCUT2D eigenvalue weighted by atomic mass is 10.3. The van der Waals surface area contributed by atoms with Gasteiger partial charge in [-0.05, 0) is 37.7 Å². The van der Waals surface area contributed by atoms with Crippen molar-refractivity contribution in [1.29, 1.82) is 0 Å². The fraction of sp³-hybridized carbons (Fsp3) is 0.400. The van der Waals surface area contributed by atoms with Gasteiger partial charge in [-0.3, -0.25) is 9.88 Å². The maximum atomic E-state index is 12.3. The lowest BCUT2D eigenvalue weighted by molar-refractivity contribution is -0.0327. The molecular formula is C15H18F3N5OS. The molecule has 0 aliphatic carbocycles. The Morgan fingerprint density at radius 1 is 1.44 bits per heavy atom. The predicted octanol–water partition coefficient (Wildman–Crippen LogP) is 3.36. The molecular weight excluding hydrogens is 355 g/mol. The molecule has 136 valence electrons. The molecule has 0 saturated heterocycles. The highest BCUT2D eigenvalue weighted by Crippen LogP contribution is 2.29. The molecule has 2 heterocycles. The molecule has 0 bridgehead atoms. The number of thioether (sulfide) groups is 1. The zero-order valence-corrected chi connectivity index (χ0v) is 14.6.